The molecule has 0 radical (unpaired) electrons. The van der Waals surface area contributed by atoms with Gasteiger partial charge in [-0.15, -0.1) is 0 Å². The van der Waals surface area contributed by atoms with Crippen molar-refractivity contribution in [3.8, 4) is 0 Å². The summed E-state index contributed by atoms with van der Waals surface area (Å²) in [6, 6.07) is 0. The lowest BCUT2D eigenvalue weighted by Gasteiger charge is -2.45. The largest absolute Gasteiger partial charge is 0.378 e. The second-order valence-electron chi connectivity index (χ2n) is 6.22. The van der Waals surface area contributed by atoms with E-state index in [0.29, 0.717) is 5.41 Å². The van der Waals surface area contributed by atoms with Gasteiger partial charge in [0.05, 0.1) is 5.60 Å². The second kappa shape index (κ2) is 8.96. The predicted octanol–water partition coefficient (Wildman–Crippen LogP) is 5.97. The van der Waals surface area contributed by atoms with Gasteiger partial charge in [-0.2, -0.15) is 0 Å². The minimum absolute atomic E-state index is 0.0000808. The third-order valence-electron chi connectivity index (χ3n) is 5.15. The molecule has 1 heteroatoms. The molecule has 0 saturated heterocycles. The molecule has 0 aliphatic heterocycles. The van der Waals surface area contributed by atoms with Crippen molar-refractivity contribution in [2.75, 3.05) is 7.11 Å². The maximum absolute atomic E-state index is 5.78. The van der Waals surface area contributed by atoms with Crippen molar-refractivity contribution < 1.29 is 4.74 Å². The van der Waals surface area contributed by atoms with E-state index in [1.807, 2.05) is 7.11 Å². The maximum atomic E-state index is 5.78. The SMILES string of the molecule is CCCCCCCCC(CC)(CC)C(C)(C)OC. The Hall–Kier alpha value is -0.0400. The minimum atomic E-state index is -0.0000808. The third-order valence-corrected chi connectivity index (χ3v) is 5.15. The molecule has 0 N–H and O–H groups in total. The van der Waals surface area contributed by atoms with E-state index in [4.69, 9.17) is 4.74 Å². The van der Waals surface area contributed by atoms with Gasteiger partial charge in [0.1, 0.15) is 0 Å². The van der Waals surface area contributed by atoms with Gasteiger partial charge in [0.25, 0.3) is 0 Å². The first kappa shape index (κ1) is 18.0. The van der Waals surface area contributed by atoms with Crippen LogP contribution < -0.4 is 0 Å². The fourth-order valence-electron chi connectivity index (χ4n) is 3.22. The molecule has 110 valence electrons. The lowest BCUT2D eigenvalue weighted by Crippen LogP contribution is -2.44. The van der Waals surface area contributed by atoms with Crippen LogP contribution in [-0.4, -0.2) is 12.7 Å². The number of hydrogen-bond acceptors (Lipinski definition) is 1. The molecule has 0 spiro atoms. The highest BCUT2D eigenvalue weighted by Crippen LogP contribution is 2.44. The van der Waals surface area contributed by atoms with Crippen molar-refractivity contribution in [3.05, 3.63) is 0 Å². The van der Waals surface area contributed by atoms with Crippen LogP contribution in [0.1, 0.15) is 92.4 Å². The molecule has 0 saturated carbocycles. The Kier molecular flexibility index (Phi) is 8.94. The lowest BCUT2D eigenvalue weighted by molar-refractivity contribution is -0.0976. The first-order valence-electron chi connectivity index (χ1n) is 8.04. The van der Waals surface area contributed by atoms with Crippen molar-refractivity contribution in [2.45, 2.75) is 98.0 Å². The van der Waals surface area contributed by atoms with Crippen LogP contribution in [0.3, 0.4) is 0 Å². The molecule has 0 aromatic heterocycles. The topological polar surface area (TPSA) is 9.23 Å². The molecule has 0 rings (SSSR count). The molecule has 0 fully saturated rings. The molecule has 0 heterocycles. The van der Waals surface area contributed by atoms with Gasteiger partial charge < -0.3 is 4.74 Å². The van der Waals surface area contributed by atoms with Gasteiger partial charge in [0.2, 0.25) is 0 Å². The summed E-state index contributed by atoms with van der Waals surface area (Å²) < 4.78 is 5.78. The van der Waals surface area contributed by atoms with E-state index < -0.39 is 0 Å². The third kappa shape index (κ3) is 4.91. The Bertz CT molecular complexity index is 192. The van der Waals surface area contributed by atoms with Gasteiger partial charge in [-0.1, -0.05) is 59.3 Å². The Balaban J connectivity index is 4.20. The molecular formula is C17H36O. The standard InChI is InChI=1S/C17H36O/c1-7-10-11-12-13-14-15-17(8-2,9-3)16(4,5)18-6/h7-15H2,1-6H3. The van der Waals surface area contributed by atoms with Crippen LogP contribution in [0.2, 0.25) is 0 Å². The summed E-state index contributed by atoms with van der Waals surface area (Å²) in [7, 11) is 1.86. The van der Waals surface area contributed by atoms with E-state index in [0.717, 1.165) is 0 Å². The summed E-state index contributed by atoms with van der Waals surface area (Å²) in [5, 5.41) is 0. The van der Waals surface area contributed by atoms with E-state index in [9.17, 15) is 0 Å². The predicted molar refractivity (Wildman–Crippen MR) is 82.1 cm³/mol. The normalized spacial score (nSPS) is 13.0. The fraction of sp³-hybridized carbons (Fsp3) is 1.00. The molecular weight excluding hydrogens is 220 g/mol. The first-order valence-corrected chi connectivity index (χ1v) is 8.04. The zero-order valence-corrected chi connectivity index (χ0v) is 13.8. The van der Waals surface area contributed by atoms with Crippen LogP contribution in [0.15, 0.2) is 0 Å². The highest BCUT2D eigenvalue weighted by atomic mass is 16.5. The molecule has 0 bridgehead atoms. The summed E-state index contributed by atoms with van der Waals surface area (Å²) in [6.07, 6.45) is 12.1. The Morgan fingerprint density at radius 2 is 1.28 bits per heavy atom. The minimum Gasteiger partial charge on any atom is -0.378 e. The van der Waals surface area contributed by atoms with Crippen LogP contribution in [0, 0.1) is 5.41 Å². The summed E-state index contributed by atoms with van der Waals surface area (Å²) >= 11 is 0. The van der Waals surface area contributed by atoms with Crippen molar-refractivity contribution in [2.24, 2.45) is 5.41 Å². The molecule has 0 aliphatic rings. The van der Waals surface area contributed by atoms with Crippen molar-refractivity contribution in [1.29, 1.82) is 0 Å². The van der Waals surface area contributed by atoms with Crippen LogP contribution >= 0.6 is 0 Å². The van der Waals surface area contributed by atoms with Crippen molar-refractivity contribution >= 4 is 0 Å². The maximum Gasteiger partial charge on any atom is 0.0678 e. The summed E-state index contributed by atoms with van der Waals surface area (Å²) in [5.41, 5.74) is 0.354. The van der Waals surface area contributed by atoms with Gasteiger partial charge in [0.15, 0.2) is 0 Å². The molecule has 0 unspecified atom stereocenters. The molecule has 18 heavy (non-hydrogen) atoms. The zero-order valence-electron chi connectivity index (χ0n) is 13.8. The van der Waals surface area contributed by atoms with E-state index in [-0.39, 0.29) is 5.60 Å². The number of unbranched alkanes of at least 4 members (excludes halogenated alkanes) is 5. The van der Waals surface area contributed by atoms with E-state index in [2.05, 4.69) is 34.6 Å². The molecule has 1 nitrogen and oxygen atoms in total. The number of methoxy groups -OCH3 is 1. The first-order chi connectivity index (χ1) is 8.49. The average molecular weight is 256 g/mol. The van der Waals surface area contributed by atoms with E-state index >= 15 is 0 Å². The number of rotatable bonds is 11. The lowest BCUT2D eigenvalue weighted by atomic mass is 9.66. The highest BCUT2D eigenvalue weighted by Gasteiger charge is 2.41. The van der Waals surface area contributed by atoms with E-state index in [1.54, 1.807) is 0 Å². The molecule has 0 aromatic rings. The quantitative estimate of drug-likeness (QED) is 0.414. The highest BCUT2D eigenvalue weighted by molar-refractivity contribution is 4.92. The van der Waals surface area contributed by atoms with Crippen LogP contribution in [0.25, 0.3) is 0 Å². The summed E-state index contributed by atoms with van der Waals surface area (Å²) in [6.45, 7) is 11.4. The fourth-order valence-corrected chi connectivity index (χ4v) is 3.22. The number of hydrogen-bond donors (Lipinski definition) is 0. The molecule has 0 aliphatic carbocycles. The zero-order chi connectivity index (χ0) is 14.1. The average Bonchev–Trinajstić information content (AvgIpc) is 2.38. The van der Waals surface area contributed by atoms with Gasteiger partial charge in [0, 0.05) is 7.11 Å². The van der Waals surface area contributed by atoms with Gasteiger partial charge in [-0.05, 0) is 38.5 Å². The van der Waals surface area contributed by atoms with Crippen LogP contribution in [-0.2, 0) is 4.74 Å². The summed E-state index contributed by atoms with van der Waals surface area (Å²) in [5.74, 6) is 0. The summed E-state index contributed by atoms with van der Waals surface area (Å²) in [4.78, 5) is 0. The van der Waals surface area contributed by atoms with Crippen molar-refractivity contribution in [1.82, 2.24) is 0 Å². The Labute approximate surface area is 116 Å². The van der Waals surface area contributed by atoms with Crippen LogP contribution in [0.5, 0.6) is 0 Å². The van der Waals surface area contributed by atoms with Gasteiger partial charge >= 0.3 is 0 Å². The molecule has 0 amide bonds. The van der Waals surface area contributed by atoms with E-state index in [1.165, 1.54) is 57.8 Å². The smallest absolute Gasteiger partial charge is 0.0678 e. The monoisotopic (exact) mass is 256 g/mol. The van der Waals surface area contributed by atoms with Crippen molar-refractivity contribution in [3.63, 3.8) is 0 Å². The molecule has 0 aromatic carbocycles. The number of ether oxygens (including phenoxy) is 1. The van der Waals surface area contributed by atoms with Crippen LogP contribution in [0.4, 0.5) is 0 Å². The molecule has 0 atom stereocenters. The van der Waals surface area contributed by atoms with Gasteiger partial charge in [-0.3, -0.25) is 0 Å². The van der Waals surface area contributed by atoms with Gasteiger partial charge in [-0.25, -0.2) is 0 Å². The second-order valence-corrected chi connectivity index (χ2v) is 6.22. The Morgan fingerprint density at radius 1 is 0.778 bits per heavy atom. The Morgan fingerprint density at radius 3 is 1.72 bits per heavy atom.